The first-order valence-electron chi connectivity index (χ1n) is 8.77. The molecule has 1 N–H and O–H groups in total. The van der Waals surface area contributed by atoms with Gasteiger partial charge in [-0.25, -0.2) is 4.79 Å². The number of ether oxygens (including phenoxy) is 2. The zero-order valence-electron chi connectivity index (χ0n) is 15.7. The van der Waals surface area contributed by atoms with Crippen molar-refractivity contribution in [2.75, 3.05) is 32.5 Å². The molecular weight excluding hydrogens is 336 g/mol. The van der Waals surface area contributed by atoms with Crippen LogP contribution in [0.15, 0.2) is 30.3 Å². The van der Waals surface area contributed by atoms with E-state index < -0.39 is 0 Å². The minimum absolute atomic E-state index is 0.0179. The van der Waals surface area contributed by atoms with Crippen molar-refractivity contribution in [2.45, 2.75) is 44.3 Å². The van der Waals surface area contributed by atoms with E-state index in [-0.39, 0.29) is 23.0 Å². The Kier molecular flexibility index (Phi) is 7.59. The second-order valence-electron chi connectivity index (χ2n) is 7.03. The minimum Gasteiger partial charge on any atom is -0.445 e. The van der Waals surface area contributed by atoms with E-state index in [0.29, 0.717) is 26.3 Å². The second-order valence-corrected chi connectivity index (χ2v) is 8.54. The maximum atomic E-state index is 12.3. The van der Waals surface area contributed by atoms with Gasteiger partial charge in [0.05, 0.1) is 19.3 Å². The zero-order valence-corrected chi connectivity index (χ0v) is 16.5. The van der Waals surface area contributed by atoms with Crippen molar-refractivity contribution < 1.29 is 14.3 Å². The average Bonchev–Trinajstić information content (AvgIpc) is 2.65. The normalized spacial score (nSPS) is 19.5. The largest absolute Gasteiger partial charge is 0.445 e. The first-order chi connectivity index (χ1) is 11.9. The summed E-state index contributed by atoms with van der Waals surface area (Å²) < 4.78 is 11.5. The molecule has 1 aromatic rings. The number of benzene rings is 1. The second kappa shape index (κ2) is 9.46. The van der Waals surface area contributed by atoms with Crippen LogP contribution in [-0.2, 0) is 16.1 Å². The lowest BCUT2D eigenvalue weighted by Gasteiger charge is -2.36. The number of amides is 1. The van der Waals surface area contributed by atoms with Crippen LogP contribution in [0.1, 0.15) is 26.3 Å². The van der Waals surface area contributed by atoms with Gasteiger partial charge in [0.25, 0.3) is 0 Å². The number of nitrogens with one attached hydrogen (secondary N) is 1. The molecule has 6 heteroatoms. The topological polar surface area (TPSA) is 50.8 Å². The number of hydrogen-bond acceptors (Lipinski definition) is 5. The number of nitrogens with zero attached hydrogens (tertiary/aromatic N) is 1. The average molecular weight is 367 g/mol. The zero-order chi connectivity index (χ0) is 18.3. The molecule has 0 spiro atoms. The molecule has 1 heterocycles. The van der Waals surface area contributed by atoms with Crippen LogP contribution in [0, 0.1) is 0 Å². The van der Waals surface area contributed by atoms with Crippen molar-refractivity contribution in [1.82, 2.24) is 10.2 Å². The van der Waals surface area contributed by atoms with Gasteiger partial charge in [0.15, 0.2) is 0 Å². The maximum Gasteiger partial charge on any atom is 0.410 e. The fourth-order valence-electron chi connectivity index (χ4n) is 2.56. The van der Waals surface area contributed by atoms with Gasteiger partial charge in [-0.15, -0.1) is 0 Å². The molecule has 0 saturated carbocycles. The summed E-state index contributed by atoms with van der Waals surface area (Å²) >= 11 is 1.84. The highest BCUT2D eigenvalue weighted by atomic mass is 32.2. The Labute approximate surface area is 155 Å². The highest BCUT2D eigenvalue weighted by Crippen LogP contribution is 2.20. The molecule has 140 valence electrons. The third-order valence-corrected chi connectivity index (χ3v) is 5.77. The number of carbonyl (C=O) groups is 1. The molecule has 2 atom stereocenters. The van der Waals surface area contributed by atoms with E-state index in [1.54, 1.807) is 4.90 Å². The monoisotopic (exact) mass is 366 g/mol. The van der Waals surface area contributed by atoms with Crippen LogP contribution in [0.2, 0.25) is 0 Å². The summed E-state index contributed by atoms with van der Waals surface area (Å²) in [5.74, 6) is 0. The van der Waals surface area contributed by atoms with Gasteiger partial charge in [-0.05, 0) is 32.6 Å². The molecule has 1 saturated heterocycles. The third kappa shape index (κ3) is 6.53. The van der Waals surface area contributed by atoms with Crippen LogP contribution in [0.4, 0.5) is 4.79 Å². The van der Waals surface area contributed by atoms with Crippen molar-refractivity contribution in [3.8, 4) is 0 Å². The van der Waals surface area contributed by atoms with Crippen molar-refractivity contribution in [2.24, 2.45) is 0 Å². The van der Waals surface area contributed by atoms with E-state index in [0.717, 1.165) is 12.1 Å². The highest BCUT2D eigenvalue weighted by molar-refractivity contribution is 7.99. The van der Waals surface area contributed by atoms with Gasteiger partial charge in [0.1, 0.15) is 6.61 Å². The van der Waals surface area contributed by atoms with Crippen molar-refractivity contribution in [1.29, 1.82) is 0 Å². The van der Waals surface area contributed by atoms with Gasteiger partial charge < -0.3 is 19.7 Å². The molecule has 1 aromatic carbocycles. The lowest BCUT2D eigenvalue weighted by Crippen LogP contribution is -2.54. The molecule has 5 nitrogen and oxygen atoms in total. The Hall–Kier alpha value is -1.24. The SMILES string of the molecule is CSC(C)(C)CN[C@H](C)[C@H]1CN(C(=O)OCc2ccccc2)CCO1. The number of rotatable bonds is 7. The number of morpholine rings is 1. The van der Waals surface area contributed by atoms with E-state index in [2.05, 4.69) is 32.3 Å². The van der Waals surface area contributed by atoms with Gasteiger partial charge in [-0.1, -0.05) is 30.3 Å². The Morgan fingerprint density at radius 3 is 2.84 bits per heavy atom. The van der Waals surface area contributed by atoms with E-state index in [1.165, 1.54) is 0 Å². The van der Waals surface area contributed by atoms with E-state index >= 15 is 0 Å². The first-order valence-corrected chi connectivity index (χ1v) is 9.99. The van der Waals surface area contributed by atoms with Crippen LogP contribution in [-0.4, -0.2) is 60.4 Å². The van der Waals surface area contributed by atoms with Crippen molar-refractivity contribution >= 4 is 17.9 Å². The van der Waals surface area contributed by atoms with Crippen LogP contribution in [0.5, 0.6) is 0 Å². The predicted octanol–water partition coefficient (Wildman–Crippen LogP) is 3.14. The van der Waals surface area contributed by atoms with Crippen molar-refractivity contribution in [3.63, 3.8) is 0 Å². The van der Waals surface area contributed by atoms with Gasteiger partial charge in [0.2, 0.25) is 0 Å². The fourth-order valence-corrected chi connectivity index (χ4v) is 2.79. The fraction of sp³-hybridized carbons (Fsp3) is 0.632. The Balaban J connectivity index is 1.80. The Morgan fingerprint density at radius 1 is 1.44 bits per heavy atom. The summed E-state index contributed by atoms with van der Waals surface area (Å²) in [6, 6.07) is 9.92. The van der Waals surface area contributed by atoms with Gasteiger partial charge in [-0.2, -0.15) is 11.8 Å². The molecule has 1 amide bonds. The summed E-state index contributed by atoms with van der Waals surface area (Å²) in [4.78, 5) is 14.1. The molecule has 1 aliphatic heterocycles. The molecule has 0 radical (unpaired) electrons. The van der Waals surface area contributed by atoms with E-state index in [4.69, 9.17) is 9.47 Å². The third-order valence-electron chi connectivity index (χ3n) is 4.52. The molecule has 0 bridgehead atoms. The quantitative estimate of drug-likeness (QED) is 0.803. The minimum atomic E-state index is -0.270. The summed E-state index contributed by atoms with van der Waals surface area (Å²) in [5.41, 5.74) is 0.995. The van der Waals surface area contributed by atoms with Gasteiger partial charge in [-0.3, -0.25) is 0 Å². The molecule has 0 aromatic heterocycles. The lowest BCUT2D eigenvalue weighted by molar-refractivity contribution is -0.0418. The van der Waals surface area contributed by atoms with Crippen LogP contribution >= 0.6 is 11.8 Å². The molecular formula is C19H30N2O3S. The molecule has 0 unspecified atom stereocenters. The standard InChI is InChI=1S/C19H30N2O3S/c1-15(20-14-19(2,3)25-4)17-12-21(10-11-23-17)18(22)24-13-16-8-6-5-7-9-16/h5-9,15,17,20H,10-14H2,1-4H3/t15-,17-/m1/s1. The van der Waals surface area contributed by atoms with Crippen LogP contribution in [0.25, 0.3) is 0 Å². The summed E-state index contributed by atoms with van der Waals surface area (Å²) in [5, 5.41) is 3.54. The molecule has 1 aliphatic rings. The van der Waals surface area contributed by atoms with Crippen LogP contribution in [0.3, 0.4) is 0 Å². The summed E-state index contributed by atoms with van der Waals surface area (Å²) in [6.45, 7) is 9.42. The number of thioether (sulfide) groups is 1. The molecule has 0 aliphatic carbocycles. The van der Waals surface area contributed by atoms with Crippen LogP contribution < -0.4 is 5.32 Å². The number of hydrogen-bond donors (Lipinski definition) is 1. The van der Waals surface area contributed by atoms with Crippen molar-refractivity contribution in [3.05, 3.63) is 35.9 Å². The molecule has 1 fully saturated rings. The van der Waals surface area contributed by atoms with Gasteiger partial charge in [0, 0.05) is 23.9 Å². The van der Waals surface area contributed by atoms with Gasteiger partial charge >= 0.3 is 6.09 Å². The first kappa shape index (κ1) is 20.1. The Morgan fingerprint density at radius 2 is 2.16 bits per heavy atom. The number of carbonyl (C=O) groups excluding carboxylic acids is 1. The summed E-state index contributed by atoms with van der Waals surface area (Å²) in [6.07, 6.45) is 1.83. The molecule has 25 heavy (non-hydrogen) atoms. The lowest BCUT2D eigenvalue weighted by atomic mass is 10.1. The van der Waals surface area contributed by atoms with E-state index in [9.17, 15) is 4.79 Å². The van der Waals surface area contributed by atoms with E-state index in [1.807, 2.05) is 42.1 Å². The molecule has 2 rings (SSSR count). The maximum absolute atomic E-state index is 12.3. The predicted molar refractivity (Wildman–Crippen MR) is 103 cm³/mol. The smallest absolute Gasteiger partial charge is 0.410 e. The highest BCUT2D eigenvalue weighted by Gasteiger charge is 2.29. The summed E-state index contributed by atoms with van der Waals surface area (Å²) in [7, 11) is 0. The Bertz CT molecular complexity index is 539.